The molecule has 0 aromatic heterocycles. The van der Waals surface area contributed by atoms with Crippen LogP contribution in [0.2, 0.25) is 0 Å². The van der Waals surface area contributed by atoms with Gasteiger partial charge in [-0.1, -0.05) is 20.3 Å². The van der Waals surface area contributed by atoms with E-state index in [9.17, 15) is 9.59 Å². The maximum atomic E-state index is 12.2. The Morgan fingerprint density at radius 3 is 2.54 bits per heavy atom. The van der Waals surface area contributed by atoms with Crippen LogP contribution in [0.5, 0.6) is 0 Å². The summed E-state index contributed by atoms with van der Waals surface area (Å²) in [4.78, 5) is 28.6. The second-order valence-electron chi connectivity index (χ2n) is 6.22. The number of alkyl carbamates (subject to hydrolysis) is 1. The predicted molar refractivity (Wildman–Crippen MR) is 93.9 cm³/mol. The fourth-order valence-corrected chi connectivity index (χ4v) is 2.82. The van der Waals surface area contributed by atoms with Crippen molar-refractivity contribution >= 4 is 34.1 Å². The molecular weight excluding hydrogens is 396 g/mol. The number of carbonyl (C=O) groups is 2. The number of rotatable bonds is 6. The Hall–Kier alpha value is -1.02. The molecule has 0 bridgehead atoms. The minimum absolute atomic E-state index is 0. The van der Waals surface area contributed by atoms with E-state index < -0.39 is 23.7 Å². The van der Waals surface area contributed by atoms with Crippen molar-refractivity contribution in [3.05, 3.63) is 0 Å². The minimum Gasteiger partial charge on any atom is -1.00 e. The summed E-state index contributed by atoms with van der Waals surface area (Å²) >= 11 is 1.27. The lowest BCUT2D eigenvalue weighted by Gasteiger charge is -2.24. The van der Waals surface area contributed by atoms with Crippen LogP contribution in [0.25, 0.3) is 0 Å². The Balaban J connectivity index is 0.00000576. The first-order valence-electron chi connectivity index (χ1n) is 8.29. The van der Waals surface area contributed by atoms with Crippen molar-refractivity contribution in [1.82, 2.24) is 5.32 Å². The van der Waals surface area contributed by atoms with Crippen molar-refractivity contribution in [2.45, 2.75) is 59.6 Å². The van der Waals surface area contributed by atoms with Crippen molar-refractivity contribution in [3.8, 4) is 0 Å². The number of hydrogen-bond acceptors (Lipinski definition) is 5. The molecule has 0 saturated carbocycles. The molecule has 0 aromatic carbocycles. The molecule has 1 aliphatic heterocycles. The van der Waals surface area contributed by atoms with Gasteiger partial charge in [-0.25, -0.2) is 9.59 Å². The number of nitrogens with one attached hydrogen (secondary N) is 1. The van der Waals surface area contributed by atoms with Gasteiger partial charge < -0.3 is 31.8 Å². The van der Waals surface area contributed by atoms with Gasteiger partial charge in [-0.3, -0.25) is 0 Å². The Labute approximate surface area is 159 Å². The summed E-state index contributed by atoms with van der Waals surface area (Å²) in [5.41, 5.74) is -0.393. The van der Waals surface area contributed by atoms with Crippen LogP contribution < -0.4 is 22.3 Å². The highest BCUT2D eigenvalue weighted by molar-refractivity contribution is 7.80. The molecule has 1 aliphatic rings. The van der Waals surface area contributed by atoms with E-state index in [0.717, 1.165) is 0 Å². The molecule has 0 unspecified atom stereocenters. The van der Waals surface area contributed by atoms with Gasteiger partial charge in [-0.15, -0.1) is 0 Å². The van der Waals surface area contributed by atoms with E-state index in [1.165, 1.54) is 11.4 Å². The summed E-state index contributed by atoms with van der Waals surface area (Å²) in [7, 11) is 0. The number of nitrogens with zero attached hydrogens (tertiary/aromatic N) is 1. The van der Waals surface area contributed by atoms with Crippen molar-refractivity contribution in [3.63, 3.8) is 0 Å². The van der Waals surface area contributed by atoms with Crippen LogP contribution in [-0.4, -0.2) is 46.7 Å². The number of ether oxygens (including phenoxy) is 2. The summed E-state index contributed by atoms with van der Waals surface area (Å²) in [6, 6.07) is -1.45. The predicted octanol–water partition coefficient (Wildman–Crippen LogP) is -0.840. The van der Waals surface area contributed by atoms with Crippen molar-refractivity contribution in [2.75, 3.05) is 12.4 Å². The average molecular weight is 424 g/mol. The first-order valence-corrected chi connectivity index (χ1v) is 8.78. The number of carbonyl (C=O) groups excluding carboxylic acids is 2. The fourth-order valence-electron chi connectivity index (χ4n) is 1.79. The van der Waals surface area contributed by atoms with Gasteiger partial charge in [0.15, 0.2) is 5.71 Å². The number of hydrogen-bond donors (Lipinski definition) is 1. The summed E-state index contributed by atoms with van der Waals surface area (Å²) in [5, 5.41) is 2.62. The molecule has 6 nitrogen and oxygen atoms in total. The molecule has 8 heteroatoms. The molecule has 0 spiro atoms. The second kappa shape index (κ2) is 10.1. The zero-order valence-electron chi connectivity index (χ0n) is 16.1. The highest BCUT2D eigenvalue weighted by Crippen LogP contribution is 2.14. The molecule has 2 atom stereocenters. The van der Waals surface area contributed by atoms with Crippen molar-refractivity contribution in [1.29, 1.82) is 0 Å². The lowest BCUT2D eigenvalue weighted by Crippen LogP contribution is -3.00. The summed E-state index contributed by atoms with van der Waals surface area (Å²) in [6.45, 7) is 11.1. The topological polar surface area (TPSA) is 77.0 Å². The van der Waals surface area contributed by atoms with Gasteiger partial charge >= 0.3 is 17.1 Å². The highest BCUT2D eigenvalue weighted by Gasteiger charge is 2.37. The van der Waals surface area contributed by atoms with E-state index in [2.05, 4.69) is 10.3 Å². The fraction of sp³-hybridized carbons (Fsp3) is 0.750. The van der Waals surface area contributed by atoms with E-state index in [-0.39, 0.29) is 35.2 Å². The first kappa shape index (κ1) is 21.0. The molecule has 0 aliphatic carbocycles. The Bertz CT molecular complexity index is 563. The van der Waals surface area contributed by atoms with Crippen molar-refractivity contribution in [2.24, 2.45) is 10.9 Å². The molecule has 1 heterocycles. The van der Waals surface area contributed by atoms with Crippen LogP contribution >= 0.6 is 0 Å². The van der Waals surface area contributed by atoms with Crippen LogP contribution in [0.15, 0.2) is 4.99 Å². The van der Waals surface area contributed by atoms with E-state index in [4.69, 9.17) is 10.8 Å². The van der Waals surface area contributed by atoms with Crippen LogP contribution in [0, 0.1) is 5.92 Å². The van der Waals surface area contributed by atoms with Gasteiger partial charge in [-0.2, -0.15) is 4.99 Å². The lowest BCUT2D eigenvalue weighted by molar-refractivity contribution is -0.135. The van der Waals surface area contributed by atoms with Crippen LogP contribution in [0.1, 0.15) is 49.3 Å². The third-order valence-corrected chi connectivity index (χ3v) is 4.07. The molecule has 1 N–H and O–H groups in total. The quantitative estimate of drug-likeness (QED) is 0.343. The number of amides is 1. The van der Waals surface area contributed by atoms with Crippen molar-refractivity contribution < 1.29 is 37.4 Å². The maximum absolute atomic E-state index is 12.2. The van der Waals surface area contributed by atoms with E-state index in [1.807, 2.05) is 13.8 Å². The molecule has 0 saturated heterocycles. The summed E-state index contributed by atoms with van der Waals surface area (Å²) < 4.78 is 19.0. The standard InChI is InChI=1S/C16H26N2O4S.BrH/c1-7-10(3)12(18-15(20)22-16(4,5)6)13-17-11(9-23-13)14(19)21-8-2;/h10,12H,7-9H2,1-6H3;1H/t10-,12-;/m0./s1/i12D;. The van der Waals surface area contributed by atoms with Gasteiger partial charge in [0.25, 0.3) is 0 Å². The van der Waals surface area contributed by atoms with Gasteiger partial charge in [0.05, 0.1) is 7.98 Å². The third-order valence-electron chi connectivity index (χ3n) is 3.06. The second-order valence-corrected chi connectivity index (χ2v) is 7.19. The molecule has 0 aromatic rings. The van der Waals surface area contributed by atoms with Gasteiger partial charge in [0, 0.05) is 0 Å². The summed E-state index contributed by atoms with van der Waals surface area (Å²) in [5.74, 6) is -0.358. The van der Waals surface area contributed by atoms with Crippen LogP contribution in [-0.2, 0) is 25.6 Å². The molecular formula is C16H27BrN2O4S. The highest BCUT2D eigenvalue weighted by atomic mass is 79.9. The molecule has 1 amide bonds. The van der Waals surface area contributed by atoms with Crippen LogP contribution in [0.3, 0.4) is 0 Å². The number of aliphatic imine (C=N–C) groups is 1. The molecule has 0 radical (unpaired) electrons. The number of esters is 1. The number of halogens is 1. The largest absolute Gasteiger partial charge is 1.00 e. The van der Waals surface area contributed by atoms with Gasteiger partial charge in [0.2, 0.25) is 17.1 Å². The molecule has 1 rings (SSSR count). The van der Waals surface area contributed by atoms with Gasteiger partial charge in [0.1, 0.15) is 11.6 Å². The Morgan fingerprint density at radius 2 is 2.04 bits per heavy atom. The average Bonchev–Trinajstić information content (AvgIpc) is 2.94. The maximum Gasteiger partial charge on any atom is 0.408 e. The van der Waals surface area contributed by atoms with Gasteiger partial charge in [-0.05, 0) is 33.6 Å². The molecule has 24 heavy (non-hydrogen) atoms. The monoisotopic (exact) mass is 423 g/mol. The van der Waals surface area contributed by atoms with E-state index in [0.29, 0.717) is 17.2 Å². The first-order chi connectivity index (χ1) is 11.0. The normalized spacial score (nSPS) is 18.2. The zero-order chi connectivity index (χ0) is 18.5. The minimum atomic E-state index is -1.45. The Kier molecular flexibility index (Phi) is 8.83. The van der Waals surface area contributed by atoms with E-state index in [1.54, 1.807) is 27.7 Å². The molecule has 138 valence electrons. The zero-order valence-corrected chi connectivity index (χ0v) is 17.5. The lowest BCUT2D eigenvalue weighted by atomic mass is 9.99. The molecule has 0 fully saturated rings. The van der Waals surface area contributed by atoms with Crippen LogP contribution in [0.4, 0.5) is 4.79 Å². The summed E-state index contributed by atoms with van der Waals surface area (Å²) in [6.07, 6.45) is -0.0150. The van der Waals surface area contributed by atoms with E-state index >= 15 is 0 Å². The smallest absolute Gasteiger partial charge is 0.408 e. The SMILES string of the molecule is [2H][C@@](NC(=O)OC(C)(C)C)(C1=[S+]CC(C(=O)OCC)=N1)[C@@H](C)CC.[Br-]. The third kappa shape index (κ3) is 7.25. The Morgan fingerprint density at radius 1 is 1.42 bits per heavy atom.